The first-order chi connectivity index (χ1) is 9.16. The number of imide groups is 2. The molecule has 0 saturated carbocycles. The van der Waals surface area contributed by atoms with Crippen LogP contribution in [0.2, 0.25) is 0 Å². The molecule has 5 nitrogen and oxygen atoms in total. The van der Waals surface area contributed by atoms with E-state index in [4.69, 9.17) is 0 Å². The lowest BCUT2D eigenvalue weighted by atomic mass is 9.90. The topological polar surface area (TPSA) is 66.5 Å². The van der Waals surface area contributed by atoms with Crippen molar-refractivity contribution >= 4 is 23.5 Å². The second-order valence-electron chi connectivity index (χ2n) is 4.88. The Morgan fingerprint density at radius 3 is 2.63 bits per heavy atom. The molecule has 0 aromatic heterocycles. The summed E-state index contributed by atoms with van der Waals surface area (Å²) in [6.45, 7) is 0. The number of hydrogen-bond donors (Lipinski definition) is 1. The van der Waals surface area contributed by atoms with Crippen LogP contribution in [0.5, 0.6) is 0 Å². The Morgan fingerprint density at radius 2 is 1.84 bits per heavy atom. The standard InChI is InChI=1S/C14H14N2O3/c17-12-8-13(18)16(14(19)15-12)11-7-3-5-9-4-1-2-6-10(9)11/h3,5,7H,1-2,4,6,8H2,(H,15,17,19). The molecule has 0 spiro atoms. The molecule has 1 heterocycles. The van der Waals surface area contributed by atoms with Gasteiger partial charge in [-0.15, -0.1) is 0 Å². The highest BCUT2D eigenvalue weighted by molar-refractivity contribution is 6.26. The lowest BCUT2D eigenvalue weighted by Gasteiger charge is -2.29. The predicted molar refractivity (Wildman–Crippen MR) is 68.7 cm³/mol. The highest BCUT2D eigenvalue weighted by Crippen LogP contribution is 2.31. The third kappa shape index (κ3) is 2.01. The van der Waals surface area contributed by atoms with Crippen molar-refractivity contribution in [3.8, 4) is 0 Å². The zero-order valence-electron chi connectivity index (χ0n) is 10.4. The van der Waals surface area contributed by atoms with E-state index in [0.717, 1.165) is 36.1 Å². The van der Waals surface area contributed by atoms with Gasteiger partial charge in [0.2, 0.25) is 11.8 Å². The molecule has 1 fully saturated rings. The van der Waals surface area contributed by atoms with Gasteiger partial charge in [-0.3, -0.25) is 14.9 Å². The summed E-state index contributed by atoms with van der Waals surface area (Å²) in [5.74, 6) is -0.983. The van der Waals surface area contributed by atoms with E-state index in [2.05, 4.69) is 5.32 Å². The number of carbonyl (C=O) groups is 3. The largest absolute Gasteiger partial charge is 0.335 e. The van der Waals surface area contributed by atoms with Crippen LogP contribution in [0, 0.1) is 0 Å². The van der Waals surface area contributed by atoms with Gasteiger partial charge in [0.05, 0.1) is 5.69 Å². The minimum atomic E-state index is -0.639. The molecular formula is C14H14N2O3. The van der Waals surface area contributed by atoms with E-state index in [1.54, 1.807) is 6.07 Å². The second-order valence-corrected chi connectivity index (χ2v) is 4.88. The van der Waals surface area contributed by atoms with Crippen LogP contribution in [0.3, 0.4) is 0 Å². The second kappa shape index (κ2) is 4.50. The summed E-state index contributed by atoms with van der Waals surface area (Å²) >= 11 is 0. The molecule has 1 N–H and O–H groups in total. The average Bonchev–Trinajstić information content (AvgIpc) is 2.38. The molecule has 4 amide bonds. The van der Waals surface area contributed by atoms with Crippen molar-refractivity contribution in [1.82, 2.24) is 5.32 Å². The Bertz CT molecular complexity index is 560. The van der Waals surface area contributed by atoms with Crippen molar-refractivity contribution in [2.24, 2.45) is 0 Å². The summed E-state index contributed by atoms with van der Waals surface area (Å²) in [6, 6.07) is 5.03. The number of fused-ring (bicyclic) bond motifs is 1. The minimum Gasteiger partial charge on any atom is -0.277 e. The number of urea groups is 1. The first kappa shape index (κ1) is 11.9. The maximum Gasteiger partial charge on any atom is 0.335 e. The van der Waals surface area contributed by atoms with Crippen LogP contribution in [0.1, 0.15) is 30.4 Å². The average molecular weight is 258 g/mol. The number of nitrogens with zero attached hydrogens (tertiary/aromatic N) is 1. The van der Waals surface area contributed by atoms with Gasteiger partial charge in [-0.05, 0) is 42.9 Å². The van der Waals surface area contributed by atoms with Crippen LogP contribution in [0.4, 0.5) is 10.5 Å². The van der Waals surface area contributed by atoms with Gasteiger partial charge in [-0.1, -0.05) is 12.1 Å². The molecule has 3 rings (SSSR count). The third-order valence-corrected chi connectivity index (χ3v) is 3.62. The fourth-order valence-corrected chi connectivity index (χ4v) is 2.76. The van der Waals surface area contributed by atoms with Crippen LogP contribution in [0.25, 0.3) is 0 Å². The lowest BCUT2D eigenvalue weighted by Crippen LogP contribution is -2.53. The molecule has 1 aliphatic carbocycles. The number of anilines is 1. The number of hydrogen-bond acceptors (Lipinski definition) is 3. The summed E-state index contributed by atoms with van der Waals surface area (Å²) < 4.78 is 0. The Hall–Kier alpha value is -2.17. The number of nitrogens with one attached hydrogen (secondary N) is 1. The van der Waals surface area contributed by atoms with Gasteiger partial charge in [0.25, 0.3) is 0 Å². The van der Waals surface area contributed by atoms with E-state index in [1.165, 1.54) is 5.56 Å². The van der Waals surface area contributed by atoms with Crippen LogP contribution >= 0.6 is 0 Å². The summed E-state index contributed by atoms with van der Waals surface area (Å²) in [6.07, 6.45) is 3.78. The number of aryl methyl sites for hydroxylation is 1. The Labute approximate surface area is 110 Å². The number of carbonyl (C=O) groups excluding carboxylic acids is 3. The monoisotopic (exact) mass is 258 g/mol. The fraction of sp³-hybridized carbons (Fsp3) is 0.357. The highest BCUT2D eigenvalue weighted by atomic mass is 16.2. The lowest BCUT2D eigenvalue weighted by molar-refractivity contribution is -0.128. The van der Waals surface area contributed by atoms with Gasteiger partial charge < -0.3 is 0 Å². The summed E-state index contributed by atoms with van der Waals surface area (Å²) in [4.78, 5) is 36.1. The van der Waals surface area contributed by atoms with Crippen molar-refractivity contribution in [2.75, 3.05) is 4.90 Å². The first-order valence-electron chi connectivity index (χ1n) is 6.44. The molecular weight excluding hydrogens is 244 g/mol. The van der Waals surface area contributed by atoms with Crippen molar-refractivity contribution in [3.05, 3.63) is 29.3 Å². The normalized spacial score (nSPS) is 19.2. The van der Waals surface area contributed by atoms with Gasteiger partial charge in [0.1, 0.15) is 6.42 Å². The number of rotatable bonds is 1. The van der Waals surface area contributed by atoms with E-state index in [9.17, 15) is 14.4 Å². The van der Waals surface area contributed by atoms with Crippen molar-refractivity contribution in [2.45, 2.75) is 32.1 Å². The number of benzene rings is 1. The molecule has 1 aliphatic heterocycles. The van der Waals surface area contributed by atoms with E-state index < -0.39 is 17.8 Å². The zero-order chi connectivity index (χ0) is 13.4. The smallest absolute Gasteiger partial charge is 0.277 e. The Kier molecular flexibility index (Phi) is 2.81. The van der Waals surface area contributed by atoms with Crippen molar-refractivity contribution in [1.29, 1.82) is 0 Å². The molecule has 19 heavy (non-hydrogen) atoms. The van der Waals surface area contributed by atoms with E-state index >= 15 is 0 Å². The molecule has 1 aromatic carbocycles. The summed E-state index contributed by atoms with van der Waals surface area (Å²) in [5, 5.41) is 2.19. The van der Waals surface area contributed by atoms with Crippen LogP contribution < -0.4 is 10.2 Å². The zero-order valence-corrected chi connectivity index (χ0v) is 10.4. The van der Waals surface area contributed by atoms with Gasteiger partial charge in [0.15, 0.2) is 0 Å². The van der Waals surface area contributed by atoms with Crippen molar-refractivity contribution < 1.29 is 14.4 Å². The number of amides is 4. The fourth-order valence-electron chi connectivity index (χ4n) is 2.76. The molecule has 0 bridgehead atoms. The third-order valence-electron chi connectivity index (χ3n) is 3.62. The Morgan fingerprint density at radius 1 is 1.05 bits per heavy atom. The predicted octanol–water partition coefficient (Wildman–Crippen LogP) is 1.54. The van der Waals surface area contributed by atoms with Crippen LogP contribution in [-0.2, 0) is 22.4 Å². The summed E-state index contributed by atoms with van der Waals surface area (Å²) in [7, 11) is 0. The highest BCUT2D eigenvalue weighted by Gasteiger charge is 2.33. The van der Waals surface area contributed by atoms with E-state index in [0.29, 0.717) is 5.69 Å². The van der Waals surface area contributed by atoms with E-state index in [-0.39, 0.29) is 6.42 Å². The van der Waals surface area contributed by atoms with Crippen LogP contribution in [-0.4, -0.2) is 17.8 Å². The van der Waals surface area contributed by atoms with Gasteiger partial charge >= 0.3 is 6.03 Å². The maximum atomic E-state index is 11.9. The Balaban J connectivity index is 2.04. The SMILES string of the molecule is O=C1CC(=O)N(c2cccc3c2CCCC3)C(=O)N1. The van der Waals surface area contributed by atoms with Gasteiger partial charge in [-0.2, -0.15) is 0 Å². The molecule has 0 atom stereocenters. The molecule has 0 unspecified atom stereocenters. The first-order valence-corrected chi connectivity index (χ1v) is 6.44. The molecule has 0 radical (unpaired) electrons. The van der Waals surface area contributed by atoms with Gasteiger partial charge in [0, 0.05) is 0 Å². The molecule has 1 aromatic rings. The molecule has 5 heteroatoms. The molecule has 2 aliphatic rings. The quantitative estimate of drug-likeness (QED) is 0.777. The number of barbiturate groups is 1. The van der Waals surface area contributed by atoms with Crippen LogP contribution in [0.15, 0.2) is 18.2 Å². The minimum absolute atomic E-state index is 0.268. The molecule has 1 saturated heterocycles. The molecule has 98 valence electrons. The van der Waals surface area contributed by atoms with Crippen molar-refractivity contribution in [3.63, 3.8) is 0 Å². The van der Waals surface area contributed by atoms with Gasteiger partial charge in [-0.25, -0.2) is 9.69 Å². The summed E-state index contributed by atoms with van der Waals surface area (Å²) in [5.41, 5.74) is 2.89. The van der Waals surface area contributed by atoms with E-state index in [1.807, 2.05) is 12.1 Å². The maximum absolute atomic E-state index is 11.9.